The highest BCUT2D eigenvalue weighted by atomic mass is 16.6. The molecule has 2 aromatic carbocycles. The average molecular weight is 464 g/mol. The lowest BCUT2D eigenvalue weighted by atomic mass is 9.79. The Morgan fingerprint density at radius 3 is 1.73 bits per heavy atom. The highest BCUT2D eigenvalue weighted by Gasteiger charge is 2.52. The highest BCUT2D eigenvalue weighted by molar-refractivity contribution is 5.91. The van der Waals surface area contributed by atoms with Gasteiger partial charge in [-0.25, -0.2) is 14.4 Å². The Balaban J connectivity index is 1.87. The summed E-state index contributed by atoms with van der Waals surface area (Å²) in [7, 11) is 0. The zero-order valence-electron chi connectivity index (χ0n) is 16.8. The highest BCUT2D eigenvalue weighted by Crippen LogP contribution is 2.35. The van der Waals surface area contributed by atoms with Crippen LogP contribution < -0.4 is 0 Å². The van der Waals surface area contributed by atoms with Crippen molar-refractivity contribution in [1.82, 2.24) is 0 Å². The molecule has 0 aromatic heterocycles. The van der Waals surface area contributed by atoms with Crippen LogP contribution in [0, 0.1) is 0 Å². The number of carbonyl (C=O) groups excluding carboxylic acids is 2. The van der Waals surface area contributed by atoms with Crippen molar-refractivity contribution in [3.8, 4) is 23.0 Å². The van der Waals surface area contributed by atoms with E-state index in [2.05, 4.69) is 0 Å². The summed E-state index contributed by atoms with van der Waals surface area (Å²) in [5, 5.41) is 68.0. The van der Waals surface area contributed by atoms with Crippen molar-refractivity contribution in [2.24, 2.45) is 0 Å². The molecular weight excluding hydrogens is 444 g/mol. The molecule has 176 valence electrons. The number of hydrogen-bond donors (Lipinski definition) is 7. The largest absolute Gasteiger partial charge is 0.504 e. The standard InChI is InChI=1S/C21H20O12/c22-11-3-1-9(5-13(11)24)18(27)32-16-8-21(31,20(29)30)7-15(26)17(16)33-19(28)10-2-4-12(23)14(25)6-10/h1-6,15-17,22-26,31H,7-8H2,(H,29,30)/t15-,16-,17+,21-/m1/s1. The third-order valence-corrected chi connectivity index (χ3v) is 5.15. The molecule has 1 fully saturated rings. The van der Waals surface area contributed by atoms with Crippen LogP contribution in [0.3, 0.4) is 0 Å². The maximum atomic E-state index is 12.5. The molecule has 1 aliphatic carbocycles. The number of phenols is 4. The Morgan fingerprint density at radius 2 is 1.27 bits per heavy atom. The van der Waals surface area contributed by atoms with Gasteiger partial charge in [-0.3, -0.25) is 0 Å². The first-order valence-corrected chi connectivity index (χ1v) is 9.51. The SMILES string of the molecule is O=C(O[C@H]1[C@H](O)C[C@](O)(C(=O)O)C[C@H]1OC(=O)c1ccc(O)c(O)c1)c1ccc(O)c(O)c1. The molecule has 2 aromatic rings. The second kappa shape index (κ2) is 8.84. The van der Waals surface area contributed by atoms with E-state index in [0.717, 1.165) is 36.4 Å². The van der Waals surface area contributed by atoms with Gasteiger partial charge in [0.2, 0.25) is 0 Å². The first-order chi connectivity index (χ1) is 15.4. The van der Waals surface area contributed by atoms with Crippen LogP contribution in [0.1, 0.15) is 33.6 Å². The number of rotatable bonds is 5. The fourth-order valence-electron chi connectivity index (χ4n) is 3.38. The van der Waals surface area contributed by atoms with Crippen LogP contribution in [0.5, 0.6) is 23.0 Å². The molecule has 1 saturated carbocycles. The number of aromatic hydroxyl groups is 4. The van der Waals surface area contributed by atoms with Gasteiger partial charge in [-0.05, 0) is 36.4 Å². The number of esters is 2. The van der Waals surface area contributed by atoms with Crippen molar-refractivity contribution in [3.05, 3.63) is 47.5 Å². The van der Waals surface area contributed by atoms with Gasteiger partial charge in [0.25, 0.3) is 0 Å². The normalized spacial score (nSPS) is 24.6. The van der Waals surface area contributed by atoms with E-state index in [1.165, 1.54) is 0 Å². The van der Waals surface area contributed by atoms with Crippen LogP contribution in [0.4, 0.5) is 0 Å². The van der Waals surface area contributed by atoms with Crippen molar-refractivity contribution < 1.29 is 59.6 Å². The molecule has 0 aliphatic heterocycles. The number of phenolic OH excluding ortho intramolecular Hbond substituents is 4. The summed E-state index contributed by atoms with van der Waals surface area (Å²) in [6.07, 6.45) is -6.49. The lowest BCUT2D eigenvalue weighted by Gasteiger charge is -2.40. The molecule has 0 radical (unpaired) electrons. The molecule has 7 N–H and O–H groups in total. The van der Waals surface area contributed by atoms with Gasteiger partial charge in [0.05, 0.1) is 17.2 Å². The van der Waals surface area contributed by atoms with Crippen molar-refractivity contribution in [3.63, 3.8) is 0 Å². The van der Waals surface area contributed by atoms with Crippen LogP contribution in [0.2, 0.25) is 0 Å². The Bertz CT molecular complexity index is 1100. The Hall–Kier alpha value is -4.03. The molecule has 0 bridgehead atoms. The first-order valence-electron chi connectivity index (χ1n) is 9.51. The molecule has 4 atom stereocenters. The number of aliphatic hydroxyl groups excluding tert-OH is 1. The van der Waals surface area contributed by atoms with Gasteiger partial charge < -0.3 is 45.2 Å². The summed E-state index contributed by atoms with van der Waals surface area (Å²) in [6.45, 7) is 0. The number of hydrogen-bond acceptors (Lipinski definition) is 11. The predicted octanol–water partition coefficient (Wildman–Crippen LogP) is 0.230. The number of carboxylic acids is 1. The number of ether oxygens (including phenoxy) is 2. The van der Waals surface area contributed by atoms with E-state index in [-0.39, 0.29) is 11.1 Å². The molecule has 33 heavy (non-hydrogen) atoms. The van der Waals surface area contributed by atoms with Crippen molar-refractivity contribution in [2.75, 3.05) is 0 Å². The van der Waals surface area contributed by atoms with Crippen LogP contribution in [-0.4, -0.2) is 77.6 Å². The van der Waals surface area contributed by atoms with Gasteiger partial charge in [0.15, 0.2) is 34.7 Å². The Kier molecular flexibility index (Phi) is 6.33. The summed E-state index contributed by atoms with van der Waals surface area (Å²) < 4.78 is 10.4. The molecule has 0 amide bonds. The quantitative estimate of drug-likeness (QED) is 0.234. The van der Waals surface area contributed by atoms with E-state index in [1.54, 1.807) is 0 Å². The van der Waals surface area contributed by atoms with Gasteiger partial charge in [-0.2, -0.15) is 0 Å². The summed E-state index contributed by atoms with van der Waals surface area (Å²) in [5.74, 6) is -6.19. The maximum Gasteiger partial charge on any atom is 0.338 e. The topological polar surface area (TPSA) is 211 Å². The Labute approximate surface area is 185 Å². The second-order valence-electron chi connectivity index (χ2n) is 7.53. The minimum atomic E-state index is -2.50. The van der Waals surface area contributed by atoms with Crippen LogP contribution >= 0.6 is 0 Å². The van der Waals surface area contributed by atoms with E-state index in [1.807, 2.05) is 0 Å². The van der Waals surface area contributed by atoms with E-state index in [9.17, 15) is 50.1 Å². The average Bonchev–Trinajstić information content (AvgIpc) is 2.74. The van der Waals surface area contributed by atoms with E-state index in [4.69, 9.17) is 9.47 Å². The van der Waals surface area contributed by atoms with Crippen LogP contribution in [-0.2, 0) is 14.3 Å². The monoisotopic (exact) mass is 464 g/mol. The molecule has 0 saturated heterocycles. The smallest absolute Gasteiger partial charge is 0.338 e. The summed E-state index contributed by atoms with van der Waals surface area (Å²) >= 11 is 0. The Morgan fingerprint density at radius 1 is 0.788 bits per heavy atom. The minimum absolute atomic E-state index is 0.231. The number of carboxylic acid groups (broad SMARTS) is 1. The van der Waals surface area contributed by atoms with Crippen molar-refractivity contribution in [2.45, 2.75) is 36.8 Å². The molecular formula is C21H20O12. The molecule has 0 heterocycles. The molecule has 12 heteroatoms. The summed E-state index contributed by atoms with van der Waals surface area (Å²) in [5.41, 5.74) is -2.98. The summed E-state index contributed by atoms with van der Waals surface area (Å²) in [4.78, 5) is 36.5. The summed E-state index contributed by atoms with van der Waals surface area (Å²) in [6, 6.07) is 5.99. The van der Waals surface area contributed by atoms with E-state index >= 15 is 0 Å². The zero-order valence-corrected chi connectivity index (χ0v) is 16.8. The first kappa shape index (κ1) is 23.6. The van der Waals surface area contributed by atoms with Gasteiger partial charge in [0.1, 0.15) is 6.10 Å². The molecule has 3 rings (SSSR count). The molecule has 12 nitrogen and oxygen atoms in total. The zero-order chi connectivity index (χ0) is 24.5. The predicted molar refractivity (Wildman–Crippen MR) is 106 cm³/mol. The lowest BCUT2D eigenvalue weighted by molar-refractivity contribution is -0.187. The molecule has 0 spiro atoms. The fourth-order valence-corrected chi connectivity index (χ4v) is 3.38. The number of aliphatic hydroxyl groups is 2. The van der Waals surface area contributed by atoms with Gasteiger partial charge in [-0.1, -0.05) is 0 Å². The number of carbonyl (C=O) groups is 3. The third-order valence-electron chi connectivity index (χ3n) is 5.15. The third kappa shape index (κ3) is 4.91. The van der Waals surface area contributed by atoms with Gasteiger partial charge in [0, 0.05) is 12.8 Å². The van der Waals surface area contributed by atoms with E-state index in [0.29, 0.717) is 0 Å². The molecule has 0 unspecified atom stereocenters. The van der Waals surface area contributed by atoms with Gasteiger partial charge >= 0.3 is 17.9 Å². The fraction of sp³-hybridized carbons (Fsp3) is 0.286. The number of aliphatic carboxylic acids is 1. The van der Waals surface area contributed by atoms with Crippen LogP contribution in [0.25, 0.3) is 0 Å². The van der Waals surface area contributed by atoms with Gasteiger partial charge in [-0.15, -0.1) is 0 Å². The molecule has 1 aliphatic rings. The maximum absolute atomic E-state index is 12.5. The second-order valence-corrected chi connectivity index (χ2v) is 7.53. The van der Waals surface area contributed by atoms with E-state index < -0.39 is 77.7 Å². The van der Waals surface area contributed by atoms with Crippen LogP contribution in [0.15, 0.2) is 36.4 Å². The lowest BCUT2D eigenvalue weighted by Crippen LogP contribution is -2.58. The minimum Gasteiger partial charge on any atom is -0.504 e. The number of benzene rings is 2. The van der Waals surface area contributed by atoms with Crippen molar-refractivity contribution >= 4 is 17.9 Å². The van der Waals surface area contributed by atoms with Crippen molar-refractivity contribution in [1.29, 1.82) is 0 Å².